The lowest BCUT2D eigenvalue weighted by Gasteiger charge is -2.31. The minimum Gasteiger partial charge on any atom is -0.495 e. The molecule has 9 nitrogen and oxygen atoms in total. The number of nitrogens with zero attached hydrogens (tertiary/aromatic N) is 1. The molecule has 0 aliphatic carbocycles. The summed E-state index contributed by atoms with van der Waals surface area (Å²) in [5.41, 5.74) is 1.26. The van der Waals surface area contributed by atoms with Crippen LogP contribution in [0.3, 0.4) is 0 Å². The molecule has 2 amide bonds. The van der Waals surface area contributed by atoms with E-state index in [1.54, 1.807) is 19.2 Å². The van der Waals surface area contributed by atoms with Crippen LogP contribution < -0.4 is 29.6 Å². The predicted molar refractivity (Wildman–Crippen MR) is 130 cm³/mol. The SMILES string of the molecule is COc1ccccc1NC(=O)C1CCN(CCC(=O)Nc2cc(OC)c(OC)c(OC)c2)CC1. The summed E-state index contributed by atoms with van der Waals surface area (Å²) < 4.78 is 21.3. The molecule has 1 aliphatic heterocycles. The molecule has 0 aromatic heterocycles. The van der Waals surface area contributed by atoms with Gasteiger partial charge in [0, 0.05) is 36.7 Å². The van der Waals surface area contributed by atoms with E-state index in [4.69, 9.17) is 18.9 Å². The Hall–Kier alpha value is -3.46. The summed E-state index contributed by atoms with van der Waals surface area (Å²) >= 11 is 0. The highest BCUT2D eigenvalue weighted by atomic mass is 16.5. The largest absolute Gasteiger partial charge is 0.495 e. The summed E-state index contributed by atoms with van der Waals surface area (Å²) in [6.07, 6.45) is 1.83. The summed E-state index contributed by atoms with van der Waals surface area (Å²) in [4.78, 5) is 27.4. The van der Waals surface area contributed by atoms with Crippen LogP contribution in [0.1, 0.15) is 19.3 Å². The van der Waals surface area contributed by atoms with Gasteiger partial charge in [0.05, 0.1) is 34.1 Å². The van der Waals surface area contributed by atoms with Crippen molar-refractivity contribution in [3.63, 3.8) is 0 Å². The minimum atomic E-state index is -0.106. The molecular weight excluding hydrogens is 438 g/mol. The molecule has 9 heteroatoms. The first kappa shape index (κ1) is 25.2. The number of carbonyl (C=O) groups is 2. The van der Waals surface area contributed by atoms with E-state index in [1.165, 1.54) is 21.3 Å². The molecule has 1 saturated heterocycles. The van der Waals surface area contributed by atoms with E-state index in [9.17, 15) is 9.59 Å². The molecule has 1 aliphatic rings. The number of carbonyl (C=O) groups excluding carboxylic acids is 2. The molecule has 1 fully saturated rings. The zero-order chi connectivity index (χ0) is 24.5. The molecule has 0 spiro atoms. The maximum atomic E-state index is 12.7. The zero-order valence-electron chi connectivity index (χ0n) is 20.2. The van der Waals surface area contributed by atoms with Crippen molar-refractivity contribution in [1.82, 2.24) is 4.90 Å². The van der Waals surface area contributed by atoms with Gasteiger partial charge in [0.2, 0.25) is 17.6 Å². The Morgan fingerprint density at radius 1 is 0.882 bits per heavy atom. The van der Waals surface area contributed by atoms with Gasteiger partial charge in [-0.25, -0.2) is 0 Å². The van der Waals surface area contributed by atoms with Crippen molar-refractivity contribution >= 4 is 23.2 Å². The van der Waals surface area contributed by atoms with Gasteiger partial charge >= 0.3 is 0 Å². The van der Waals surface area contributed by atoms with Crippen molar-refractivity contribution in [1.29, 1.82) is 0 Å². The third kappa shape index (κ3) is 6.32. The fourth-order valence-electron chi connectivity index (χ4n) is 4.04. The molecule has 0 radical (unpaired) electrons. The number of rotatable bonds is 10. The van der Waals surface area contributed by atoms with Gasteiger partial charge < -0.3 is 34.5 Å². The molecule has 184 valence electrons. The fourth-order valence-corrected chi connectivity index (χ4v) is 4.04. The van der Waals surface area contributed by atoms with E-state index in [2.05, 4.69) is 15.5 Å². The number of benzene rings is 2. The second-order valence-electron chi connectivity index (χ2n) is 8.02. The zero-order valence-corrected chi connectivity index (χ0v) is 20.2. The molecule has 2 N–H and O–H groups in total. The number of piperidine rings is 1. The first-order chi connectivity index (χ1) is 16.5. The van der Waals surface area contributed by atoms with Crippen LogP contribution in [-0.4, -0.2) is 64.8 Å². The standard InChI is InChI=1S/C25H33N3O6/c1-31-20-8-6-5-7-19(20)27-25(30)17-9-12-28(13-10-17)14-11-23(29)26-18-15-21(32-2)24(34-4)22(16-18)33-3/h5-8,15-17H,9-14H2,1-4H3,(H,26,29)(H,27,30). The monoisotopic (exact) mass is 471 g/mol. The lowest BCUT2D eigenvalue weighted by atomic mass is 9.95. The number of hydrogen-bond acceptors (Lipinski definition) is 7. The fraction of sp³-hybridized carbons (Fsp3) is 0.440. The van der Waals surface area contributed by atoms with Crippen LogP contribution in [0.2, 0.25) is 0 Å². The molecule has 1 heterocycles. The average molecular weight is 472 g/mol. The van der Waals surface area contributed by atoms with Crippen LogP contribution in [0.4, 0.5) is 11.4 Å². The van der Waals surface area contributed by atoms with E-state index in [-0.39, 0.29) is 17.7 Å². The van der Waals surface area contributed by atoms with Crippen LogP contribution in [0, 0.1) is 5.92 Å². The van der Waals surface area contributed by atoms with E-state index in [1.807, 2.05) is 24.3 Å². The van der Waals surface area contributed by atoms with Gasteiger partial charge in [-0.2, -0.15) is 0 Å². The molecule has 0 bridgehead atoms. The van der Waals surface area contributed by atoms with Crippen molar-refractivity contribution < 1.29 is 28.5 Å². The Bertz CT molecular complexity index is 963. The van der Waals surface area contributed by atoms with Crippen molar-refractivity contribution in [2.45, 2.75) is 19.3 Å². The molecule has 2 aromatic carbocycles. The number of likely N-dealkylation sites (tertiary alicyclic amines) is 1. The second kappa shape index (κ2) is 12.1. The van der Waals surface area contributed by atoms with Crippen molar-refractivity contribution in [3.05, 3.63) is 36.4 Å². The first-order valence-electron chi connectivity index (χ1n) is 11.2. The van der Waals surface area contributed by atoms with Gasteiger partial charge in [-0.05, 0) is 38.1 Å². The summed E-state index contributed by atoms with van der Waals surface area (Å²) in [6, 6.07) is 10.8. The van der Waals surface area contributed by atoms with Crippen LogP contribution in [0.25, 0.3) is 0 Å². The van der Waals surface area contributed by atoms with E-state index in [0.29, 0.717) is 47.3 Å². The quantitative estimate of drug-likeness (QED) is 0.548. The molecule has 0 atom stereocenters. The number of anilines is 2. The van der Waals surface area contributed by atoms with Crippen LogP contribution in [0.5, 0.6) is 23.0 Å². The van der Waals surface area contributed by atoms with Crippen molar-refractivity contribution in [3.8, 4) is 23.0 Å². The van der Waals surface area contributed by atoms with Crippen LogP contribution in [-0.2, 0) is 9.59 Å². The van der Waals surface area contributed by atoms with Crippen molar-refractivity contribution in [2.75, 3.05) is 58.7 Å². The van der Waals surface area contributed by atoms with Gasteiger partial charge in [0.25, 0.3) is 0 Å². The number of hydrogen-bond donors (Lipinski definition) is 2. The molecule has 2 aromatic rings. The highest BCUT2D eigenvalue weighted by molar-refractivity contribution is 5.94. The van der Waals surface area contributed by atoms with Gasteiger partial charge in [-0.15, -0.1) is 0 Å². The predicted octanol–water partition coefficient (Wildman–Crippen LogP) is 3.40. The van der Waals surface area contributed by atoms with Gasteiger partial charge in [-0.3, -0.25) is 9.59 Å². The molecule has 34 heavy (non-hydrogen) atoms. The van der Waals surface area contributed by atoms with E-state index < -0.39 is 0 Å². The summed E-state index contributed by atoms with van der Waals surface area (Å²) in [7, 11) is 6.18. The van der Waals surface area contributed by atoms with Gasteiger partial charge in [-0.1, -0.05) is 12.1 Å². The lowest BCUT2D eigenvalue weighted by Crippen LogP contribution is -2.39. The number of nitrogens with one attached hydrogen (secondary N) is 2. The maximum Gasteiger partial charge on any atom is 0.227 e. The van der Waals surface area contributed by atoms with Crippen LogP contribution >= 0.6 is 0 Å². The Morgan fingerprint density at radius 2 is 1.50 bits per heavy atom. The third-order valence-corrected chi connectivity index (χ3v) is 5.93. The Morgan fingerprint density at radius 3 is 2.09 bits per heavy atom. The normalized spacial score (nSPS) is 14.2. The number of para-hydroxylation sites is 2. The molecule has 3 rings (SSSR count). The Kier molecular flexibility index (Phi) is 8.98. The average Bonchev–Trinajstić information content (AvgIpc) is 2.87. The van der Waals surface area contributed by atoms with Crippen molar-refractivity contribution in [2.24, 2.45) is 5.92 Å². The molecule has 0 unspecified atom stereocenters. The smallest absolute Gasteiger partial charge is 0.227 e. The van der Waals surface area contributed by atoms with E-state index >= 15 is 0 Å². The lowest BCUT2D eigenvalue weighted by molar-refractivity contribution is -0.121. The third-order valence-electron chi connectivity index (χ3n) is 5.93. The number of ether oxygens (including phenoxy) is 4. The second-order valence-corrected chi connectivity index (χ2v) is 8.02. The van der Waals surface area contributed by atoms with Gasteiger partial charge in [0.1, 0.15) is 5.75 Å². The summed E-state index contributed by atoms with van der Waals surface area (Å²) in [5, 5.41) is 5.86. The number of methoxy groups -OCH3 is 4. The van der Waals surface area contributed by atoms with E-state index in [0.717, 1.165) is 25.9 Å². The number of amides is 2. The first-order valence-corrected chi connectivity index (χ1v) is 11.2. The molecular formula is C25H33N3O6. The Balaban J connectivity index is 1.46. The summed E-state index contributed by atoms with van der Waals surface area (Å²) in [6.45, 7) is 2.15. The van der Waals surface area contributed by atoms with Crippen LogP contribution in [0.15, 0.2) is 36.4 Å². The Labute approximate surface area is 200 Å². The highest BCUT2D eigenvalue weighted by Crippen LogP contribution is 2.40. The summed E-state index contributed by atoms with van der Waals surface area (Å²) in [5.74, 6) is 1.91. The van der Waals surface area contributed by atoms with Gasteiger partial charge in [0.15, 0.2) is 11.5 Å². The minimum absolute atomic E-state index is 0.00398. The highest BCUT2D eigenvalue weighted by Gasteiger charge is 2.26. The molecule has 0 saturated carbocycles. The topological polar surface area (TPSA) is 98.4 Å². The maximum absolute atomic E-state index is 12.7.